The SMILES string of the molecule is CC/C=C\C/C=C\C/C=C\C/C=C\C/C=C\CC(=O)OC(/C=C\C/C=C\C/C=C\CC)CCCCCCC(=O)NC(CCCN)C(=O)O. The smallest absolute Gasteiger partial charge is 0.326 e. The number of aliphatic carboxylic acids is 1. The third-order valence-electron chi connectivity index (χ3n) is 7.16. The lowest BCUT2D eigenvalue weighted by Gasteiger charge is -2.15. The number of carboxylic acid groups (broad SMARTS) is 1. The molecule has 0 aromatic carbocycles. The van der Waals surface area contributed by atoms with Crippen molar-refractivity contribution in [3.05, 3.63) is 97.2 Å². The Hall–Kier alpha value is -3.71. The molecule has 4 N–H and O–H groups in total. The topological polar surface area (TPSA) is 119 Å². The zero-order valence-corrected chi connectivity index (χ0v) is 29.8. The fourth-order valence-corrected chi connectivity index (χ4v) is 4.51. The van der Waals surface area contributed by atoms with Crippen molar-refractivity contribution in [1.29, 1.82) is 0 Å². The van der Waals surface area contributed by atoms with Crippen molar-refractivity contribution >= 4 is 17.8 Å². The van der Waals surface area contributed by atoms with Crippen LogP contribution in [0.5, 0.6) is 0 Å². The monoisotopic (exact) mass is 664 g/mol. The fourth-order valence-electron chi connectivity index (χ4n) is 4.51. The molecule has 0 heterocycles. The molecule has 0 fully saturated rings. The minimum Gasteiger partial charge on any atom is -0.480 e. The van der Waals surface area contributed by atoms with Crippen molar-refractivity contribution in [3.63, 3.8) is 0 Å². The van der Waals surface area contributed by atoms with Gasteiger partial charge >= 0.3 is 11.9 Å². The van der Waals surface area contributed by atoms with Crippen LogP contribution in [-0.4, -0.2) is 41.6 Å². The summed E-state index contributed by atoms with van der Waals surface area (Å²) in [5.74, 6) is -1.52. The van der Waals surface area contributed by atoms with Gasteiger partial charge in [-0.15, -0.1) is 0 Å². The molecule has 0 spiro atoms. The molecular formula is C41H64N2O5. The van der Waals surface area contributed by atoms with E-state index in [1.54, 1.807) is 0 Å². The average Bonchev–Trinajstić information content (AvgIpc) is 3.07. The first-order valence-electron chi connectivity index (χ1n) is 18.1. The van der Waals surface area contributed by atoms with Crippen LogP contribution in [0.2, 0.25) is 0 Å². The molecule has 0 saturated carbocycles. The summed E-state index contributed by atoms with van der Waals surface area (Å²) < 4.78 is 5.80. The fraction of sp³-hybridized carbons (Fsp3) is 0.537. The highest BCUT2D eigenvalue weighted by atomic mass is 16.5. The van der Waals surface area contributed by atoms with E-state index >= 15 is 0 Å². The number of nitrogens with two attached hydrogens (primary N) is 1. The van der Waals surface area contributed by atoms with Gasteiger partial charge in [0.2, 0.25) is 5.91 Å². The quantitative estimate of drug-likeness (QED) is 0.0400. The van der Waals surface area contributed by atoms with Gasteiger partial charge in [0.15, 0.2) is 0 Å². The summed E-state index contributed by atoms with van der Waals surface area (Å²) >= 11 is 0. The number of nitrogens with one attached hydrogen (secondary N) is 1. The summed E-state index contributed by atoms with van der Waals surface area (Å²) in [6.45, 7) is 4.65. The van der Waals surface area contributed by atoms with Crippen molar-refractivity contribution in [2.75, 3.05) is 6.54 Å². The van der Waals surface area contributed by atoms with E-state index < -0.39 is 12.0 Å². The zero-order valence-electron chi connectivity index (χ0n) is 29.8. The molecule has 48 heavy (non-hydrogen) atoms. The van der Waals surface area contributed by atoms with Crippen LogP contribution in [0.15, 0.2) is 97.2 Å². The molecule has 0 radical (unpaired) electrons. The Kier molecular flexibility index (Phi) is 31.9. The van der Waals surface area contributed by atoms with E-state index in [9.17, 15) is 19.5 Å². The van der Waals surface area contributed by atoms with Crippen LogP contribution in [0.1, 0.15) is 123 Å². The third kappa shape index (κ3) is 30.9. The Labute approximate surface area is 291 Å². The first-order valence-corrected chi connectivity index (χ1v) is 18.1. The largest absolute Gasteiger partial charge is 0.480 e. The van der Waals surface area contributed by atoms with E-state index in [1.165, 1.54) is 0 Å². The molecule has 0 rings (SSSR count). The minimum atomic E-state index is -1.03. The lowest BCUT2D eigenvalue weighted by molar-refractivity contribution is -0.146. The molecule has 268 valence electrons. The predicted octanol–water partition coefficient (Wildman–Crippen LogP) is 9.55. The van der Waals surface area contributed by atoms with Crippen molar-refractivity contribution in [2.24, 2.45) is 5.73 Å². The van der Waals surface area contributed by atoms with Gasteiger partial charge in [-0.25, -0.2) is 4.79 Å². The molecule has 0 aromatic heterocycles. The molecule has 0 aliphatic rings. The van der Waals surface area contributed by atoms with Gasteiger partial charge in [-0.1, -0.05) is 118 Å². The van der Waals surface area contributed by atoms with E-state index in [-0.39, 0.29) is 30.8 Å². The molecule has 0 saturated heterocycles. The molecule has 7 heteroatoms. The van der Waals surface area contributed by atoms with Gasteiger partial charge in [0.05, 0.1) is 6.42 Å². The van der Waals surface area contributed by atoms with Gasteiger partial charge in [-0.3, -0.25) is 9.59 Å². The van der Waals surface area contributed by atoms with Gasteiger partial charge in [-0.05, 0) is 96.1 Å². The first-order chi connectivity index (χ1) is 23.4. The van der Waals surface area contributed by atoms with Crippen molar-refractivity contribution in [3.8, 4) is 0 Å². The van der Waals surface area contributed by atoms with Gasteiger partial charge < -0.3 is 20.9 Å². The maximum Gasteiger partial charge on any atom is 0.326 e. The molecule has 0 aliphatic carbocycles. The second-order valence-corrected chi connectivity index (χ2v) is 11.5. The maximum atomic E-state index is 12.6. The summed E-state index contributed by atoms with van der Waals surface area (Å²) in [6, 6.07) is -0.888. The molecule has 7 nitrogen and oxygen atoms in total. The van der Waals surface area contributed by atoms with Gasteiger partial charge in [0.1, 0.15) is 12.1 Å². The average molecular weight is 665 g/mol. The predicted molar refractivity (Wildman–Crippen MR) is 201 cm³/mol. The Morgan fingerprint density at radius 1 is 0.625 bits per heavy atom. The van der Waals surface area contributed by atoms with Gasteiger partial charge in [-0.2, -0.15) is 0 Å². The van der Waals surface area contributed by atoms with Crippen LogP contribution < -0.4 is 11.1 Å². The number of hydrogen-bond acceptors (Lipinski definition) is 5. The number of carbonyl (C=O) groups is 3. The van der Waals surface area contributed by atoms with Crippen LogP contribution in [0, 0.1) is 0 Å². The van der Waals surface area contributed by atoms with E-state index in [4.69, 9.17) is 10.5 Å². The molecule has 0 aliphatic heterocycles. The highest BCUT2D eigenvalue weighted by Crippen LogP contribution is 2.13. The summed E-state index contributed by atoms with van der Waals surface area (Å²) in [6.07, 6.45) is 46.2. The van der Waals surface area contributed by atoms with Crippen LogP contribution in [0.25, 0.3) is 0 Å². The molecule has 1 amide bonds. The first kappa shape index (κ1) is 44.3. The number of carboxylic acids is 1. The summed E-state index contributed by atoms with van der Waals surface area (Å²) in [5.41, 5.74) is 5.46. The molecular weight excluding hydrogens is 600 g/mol. The van der Waals surface area contributed by atoms with Crippen molar-refractivity contribution < 1.29 is 24.2 Å². The van der Waals surface area contributed by atoms with Crippen LogP contribution in [0.4, 0.5) is 0 Å². The third-order valence-corrected chi connectivity index (χ3v) is 7.16. The Morgan fingerprint density at radius 3 is 1.60 bits per heavy atom. The number of hydrogen-bond donors (Lipinski definition) is 3. The highest BCUT2D eigenvalue weighted by molar-refractivity contribution is 5.83. The lowest BCUT2D eigenvalue weighted by atomic mass is 10.1. The Bertz CT molecular complexity index is 1060. The van der Waals surface area contributed by atoms with Gasteiger partial charge in [0, 0.05) is 6.42 Å². The Morgan fingerprint density at radius 2 is 1.10 bits per heavy atom. The van der Waals surface area contributed by atoms with Crippen molar-refractivity contribution in [2.45, 2.75) is 135 Å². The van der Waals surface area contributed by atoms with E-state index in [0.717, 1.165) is 70.6 Å². The number of esters is 1. The van der Waals surface area contributed by atoms with E-state index in [2.05, 4.69) is 92.1 Å². The molecule has 2 atom stereocenters. The normalized spacial score (nSPS) is 13.9. The van der Waals surface area contributed by atoms with Crippen molar-refractivity contribution in [1.82, 2.24) is 5.32 Å². The number of allylic oxidation sites excluding steroid dienone is 14. The maximum absolute atomic E-state index is 12.6. The lowest BCUT2D eigenvalue weighted by Crippen LogP contribution is -2.40. The molecule has 0 bridgehead atoms. The molecule has 0 aromatic rings. The van der Waals surface area contributed by atoms with Crippen LogP contribution in [0.3, 0.4) is 0 Å². The summed E-state index contributed by atoms with van der Waals surface area (Å²) in [4.78, 5) is 36.1. The number of carbonyl (C=O) groups excluding carboxylic acids is 2. The van der Waals surface area contributed by atoms with E-state index in [1.807, 2.05) is 24.3 Å². The van der Waals surface area contributed by atoms with Crippen LogP contribution in [-0.2, 0) is 19.1 Å². The Balaban J connectivity index is 4.58. The van der Waals surface area contributed by atoms with E-state index in [0.29, 0.717) is 32.2 Å². The zero-order chi connectivity index (χ0) is 35.3. The summed E-state index contributed by atoms with van der Waals surface area (Å²) in [7, 11) is 0. The van der Waals surface area contributed by atoms with Gasteiger partial charge in [0.25, 0.3) is 0 Å². The standard InChI is InChI=1S/C41H64N2O5/c1-3-5-7-9-11-13-14-15-16-17-18-19-21-23-29-35-40(45)48-37(31-26-22-20-12-10-8-6-4-2)32-27-24-25-28-34-39(44)43-38(41(46)47)33-30-36-42/h5-8,11-13,15-16,18-20,23,26,29,31,37-38H,3-4,9-10,14,17,21-22,24-25,27-28,30,32-36,42H2,1-2H3,(H,43,44)(H,46,47)/b7-5-,8-6-,13-11-,16-15-,19-18-,20-12-,29-23-,31-26-. The second kappa shape index (κ2) is 34.6. The number of ether oxygens (including phenoxy) is 1. The minimum absolute atomic E-state index is 0.235. The number of amides is 1. The second-order valence-electron chi connectivity index (χ2n) is 11.5. The highest BCUT2D eigenvalue weighted by Gasteiger charge is 2.18. The number of unbranched alkanes of at least 4 members (excludes halogenated alkanes) is 3. The number of rotatable bonds is 30. The molecule has 2 unspecified atom stereocenters. The van der Waals surface area contributed by atoms with Crippen LogP contribution >= 0.6 is 0 Å². The summed E-state index contributed by atoms with van der Waals surface area (Å²) in [5, 5.41) is 11.9.